The summed E-state index contributed by atoms with van der Waals surface area (Å²) in [6.07, 6.45) is 2.81. The minimum Gasteiger partial charge on any atom is -0.453 e. The number of rotatable bonds is 6. The van der Waals surface area contributed by atoms with Gasteiger partial charge in [0.1, 0.15) is 11.9 Å². The lowest BCUT2D eigenvalue weighted by Gasteiger charge is -2.32. The Balaban J connectivity index is 1.58. The first-order valence-corrected chi connectivity index (χ1v) is 13.5. The topological polar surface area (TPSA) is 106 Å². The van der Waals surface area contributed by atoms with E-state index in [-0.39, 0.29) is 17.9 Å². The highest BCUT2D eigenvalue weighted by Crippen LogP contribution is 2.37. The number of carbonyl (C=O) groups excluding carboxylic acids is 2. The molecule has 2 N–H and O–H groups in total. The Morgan fingerprint density at radius 3 is 2.54 bits per heavy atom. The molecule has 10 heteroatoms. The maximum Gasteiger partial charge on any atom is 0.496 e. The summed E-state index contributed by atoms with van der Waals surface area (Å²) in [4.78, 5) is 35.2. The predicted octanol–water partition coefficient (Wildman–Crippen LogP) is 3.79. The van der Waals surface area contributed by atoms with Crippen LogP contribution in [0.5, 0.6) is 0 Å². The van der Waals surface area contributed by atoms with E-state index in [0.717, 1.165) is 40.9 Å². The van der Waals surface area contributed by atoms with Crippen molar-refractivity contribution in [1.82, 2.24) is 20.2 Å². The van der Waals surface area contributed by atoms with Crippen LogP contribution in [0, 0.1) is 17.8 Å². The van der Waals surface area contributed by atoms with Crippen LogP contribution in [0.4, 0.5) is 4.79 Å². The largest absolute Gasteiger partial charge is 0.496 e. The van der Waals surface area contributed by atoms with Crippen molar-refractivity contribution in [2.75, 3.05) is 13.7 Å². The fraction of sp³-hybridized carbons (Fsp3) is 0.552. The van der Waals surface area contributed by atoms with E-state index in [1.54, 1.807) is 18.0 Å². The quantitative estimate of drug-likeness (QED) is 0.432. The lowest BCUT2D eigenvalue weighted by atomic mass is 9.75. The van der Waals surface area contributed by atoms with Gasteiger partial charge >= 0.3 is 13.2 Å². The van der Waals surface area contributed by atoms with Gasteiger partial charge in [-0.3, -0.25) is 4.79 Å². The van der Waals surface area contributed by atoms with Gasteiger partial charge in [-0.2, -0.15) is 0 Å². The molecule has 2 fully saturated rings. The van der Waals surface area contributed by atoms with Crippen molar-refractivity contribution >= 4 is 24.6 Å². The van der Waals surface area contributed by atoms with Gasteiger partial charge in [-0.05, 0) is 64.9 Å². The van der Waals surface area contributed by atoms with E-state index < -0.39 is 30.5 Å². The molecule has 1 aromatic carbocycles. The van der Waals surface area contributed by atoms with Crippen molar-refractivity contribution in [1.29, 1.82) is 0 Å². The first-order valence-electron chi connectivity index (χ1n) is 13.5. The summed E-state index contributed by atoms with van der Waals surface area (Å²) in [7, 11) is 0.780. The Kier molecular flexibility index (Phi) is 8.15. The standard InChI is InChI=1S/C29H39BN4O5/c1-9-11-19-16-20(13-14-21(19)30-38-28(4,5)29(6,7)39-30)22-17-31-25(32-22)23-12-10-15-34(23)26(35)24(18(2)3)33-27(36)37-8/h13-14,16-18,23-24H,10,12,15H2,1-8H3,(H,31,32)(H,33,36)/t23-,24-/m0/s1. The van der Waals surface area contributed by atoms with Gasteiger partial charge in [-0.15, -0.1) is 5.92 Å². The van der Waals surface area contributed by atoms with Crippen LogP contribution in [0.15, 0.2) is 24.4 Å². The van der Waals surface area contributed by atoms with E-state index in [0.29, 0.717) is 6.54 Å². The molecule has 3 heterocycles. The van der Waals surface area contributed by atoms with Crippen LogP contribution in [-0.2, 0) is 18.8 Å². The van der Waals surface area contributed by atoms with Crippen LogP contribution in [0.25, 0.3) is 11.3 Å². The molecule has 4 rings (SSSR count). The molecule has 0 radical (unpaired) electrons. The number of imidazole rings is 1. The van der Waals surface area contributed by atoms with Crippen LogP contribution in [-0.4, -0.2) is 64.9 Å². The number of aromatic amines is 1. The lowest BCUT2D eigenvalue weighted by Crippen LogP contribution is -2.51. The molecule has 2 aromatic rings. The molecular weight excluding hydrogens is 495 g/mol. The van der Waals surface area contributed by atoms with Crippen LogP contribution < -0.4 is 10.8 Å². The second kappa shape index (κ2) is 11.1. The molecule has 0 saturated carbocycles. The lowest BCUT2D eigenvalue weighted by molar-refractivity contribution is -0.135. The number of carbonyl (C=O) groups is 2. The second-order valence-electron chi connectivity index (χ2n) is 11.5. The number of nitrogens with one attached hydrogen (secondary N) is 2. The summed E-state index contributed by atoms with van der Waals surface area (Å²) < 4.78 is 17.3. The summed E-state index contributed by atoms with van der Waals surface area (Å²) >= 11 is 0. The number of H-pyrrole nitrogens is 1. The molecular formula is C29H39BN4O5. The monoisotopic (exact) mass is 534 g/mol. The number of hydrogen-bond donors (Lipinski definition) is 2. The number of ether oxygens (including phenoxy) is 1. The van der Waals surface area contributed by atoms with Crippen LogP contribution in [0.3, 0.4) is 0 Å². The van der Waals surface area contributed by atoms with Crippen molar-refractivity contribution in [3.8, 4) is 23.1 Å². The molecule has 208 valence electrons. The fourth-order valence-corrected chi connectivity index (χ4v) is 4.99. The zero-order valence-corrected chi connectivity index (χ0v) is 24.2. The summed E-state index contributed by atoms with van der Waals surface area (Å²) in [6.45, 7) is 14.3. The van der Waals surface area contributed by atoms with E-state index >= 15 is 0 Å². The van der Waals surface area contributed by atoms with E-state index in [1.165, 1.54) is 7.11 Å². The molecule has 1 aromatic heterocycles. The SMILES string of the molecule is CC#Cc1cc(-c2cnc([C@@H]3CCCN3C(=O)[C@@H](NC(=O)OC)C(C)C)[nH]2)ccc1B1OC(C)(C)C(C)(C)O1. The van der Waals surface area contributed by atoms with Gasteiger partial charge in [-0.1, -0.05) is 31.9 Å². The minimum atomic E-state index is -0.676. The molecule has 0 spiro atoms. The highest BCUT2D eigenvalue weighted by molar-refractivity contribution is 6.62. The van der Waals surface area contributed by atoms with Crippen molar-refractivity contribution < 1.29 is 23.6 Å². The van der Waals surface area contributed by atoms with E-state index in [9.17, 15) is 9.59 Å². The minimum absolute atomic E-state index is 0.0920. The highest BCUT2D eigenvalue weighted by atomic mass is 16.7. The van der Waals surface area contributed by atoms with Gasteiger partial charge in [0.25, 0.3) is 0 Å². The third kappa shape index (κ3) is 5.70. The molecule has 0 unspecified atom stereocenters. The summed E-state index contributed by atoms with van der Waals surface area (Å²) in [5.74, 6) is 6.70. The Morgan fingerprint density at radius 2 is 1.92 bits per heavy atom. The molecule has 2 aliphatic rings. The fourth-order valence-electron chi connectivity index (χ4n) is 4.99. The van der Waals surface area contributed by atoms with Crippen LogP contribution in [0.1, 0.15) is 78.7 Å². The van der Waals surface area contributed by atoms with E-state index in [1.807, 2.05) is 59.7 Å². The Hall–Kier alpha value is -3.29. The molecule has 39 heavy (non-hydrogen) atoms. The molecule has 2 amide bonds. The second-order valence-corrected chi connectivity index (χ2v) is 11.5. The third-order valence-corrected chi connectivity index (χ3v) is 7.97. The number of amides is 2. The summed E-state index contributed by atoms with van der Waals surface area (Å²) in [5, 5.41) is 2.69. The van der Waals surface area contributed by atoms with Gasteiger partial charge in [0.05, 0.1) is 36.2 Å². The zero-order valence-electron chi connectivity index (χ0n) is 24.2. The van der Waals surface area contributed by atoms with Crippen molar-refractivity contribution in [2.45, 2.75) is 84.6 Å². The van der Waals surface area contributed by atoms with E-state index in [2.05, 4.69) is 27.1 Å². The number of methoxy groups -OCH3 is 1. The average molecular weight is 534 g/mol. The van der Waals surface area contributed by atoms with Crippen LogP contribution in [0.2, 0.25) is 0 Å². The molecule has 0 bridgehead atoms. The molecule has 9 nitrogen and oxygen atoms in total. The van der Waals surface area contributed by atoms with Gasteiger partial charge in [-0.25, -0.2) is 9.78 Å². The Morgan fingerprint density at radius 1 is 1.23 bits per heavy atom. The van der Waals surface area contributed by atoms with Crippen molar-refractivity contribution in [3.05, 3.63) is 35.8 Å². The third-order valence-electron chi connectivity index (χ3n) is 7.97. The summed E-state index contributed by atoms with van der Waals surface area (Å²) in [5.41, 5.74) is 2.58. The number of benzene rings is 1. The number of nitrogens with zero attached hydrogens (tertiary/aromatic N) is 2. The Labute approximate surface area is 231 Å². The van der Waals surface area contributed by atoms with E-state index in [4.69, 9.17) is 14.0 Å². The number of hydrogen-bond acceptors (Lipinski definition) is 6. The van der Waals surface area contributed by atoms with Gasteiger partial charge in [0.2, 0.25) is 5.91 Å². The van der Waals surface area contributed by atoms with Crippen molar-refractivity contribution in [2.24, 2.45) is 5.92 Å². The van der Waals surface area contributed by atoms with Gasteiger partial charge < -0.3 is 29.2 Å². The zero-order chi connectivity index (χ0) is 28.5. The highest BCUT2D eigenvalue weighted by Gasteiger charge is 2.52. The van der Waals surface area contributed by atoms with Gasteiger partial charge in [0.15, 0.2) is 0 Å². The number of aromatic nitrogens is 2. The molecule has 2 atom stereocenters. The molecule has 0 aliphatic carbocycles. The number of likely N-dealkylation sites (tertiary alicyclic amines) is 1. The average Bonchev–Trinajstić information content (AvgIpc) is 3.59. The summed E-state index contributed by atoms with van der Waals surface area (Å²) in [6, 6.07) is 5.14. The number of alkyl carbamates (subject to hydrolysis) is 1. The molecule has 2 aliphatic heterocycles. The van der Waals surface area contributed by atoms with Crippen molar-refractivity contribution in [3.63, 3.8) is 0 Å². The maximum atomic E-state index is 13.4. The normalized spacial score (nSPS) is 20.5. The first-order chi connectivity index (χ1) is 18.4. The van der Waals surface area contributed by atoms with Gasteiger partial charge in [0, 0.05) is 17.7 Å². The Bertz CT molecular complexity index is 1280. The smallest absolute Gasteiger partial charge is 0.453 e. The maximum absolute atomic E-state index is 13.4. The first kappa shape index (κ1) is 28.7. The van der Waals surface area contributed by atoms with Crippen LogP contribution >= 0.6 is 0 Å². The molecule has 2 saturated heterocycles. The predicted molar refractivity (Wildman–Crippen MR) is 150 cm³/mol.